The number of ketones is 1. The summed E-state index contributed by atoms with van der Waals surface area (Å²) in [4.78, 5) is 11.3. The number of carbonyl (C=O) groups is 1. The zero-order chi connectivity index (χ0) is 10.3. The summed E-state index contributed by atoms with van der Waals surface area (Å²) >= 11 is 0. The van der Waals surface area contributed by atoms with Gasteiger partial charge >= 0.3 is 0 Å². The highest BCUT2D eigenvalue weighted by Crippen LogP contribution is 2.35. The summed E-state index contributed by atoms with van der Waals surface area (Å²) in [7, 11) is 0. The van der Waals surface area contributed by atoms with Crippen LogP contribution in [0.2, 0.25) is 0 Å². The Bertz CT molecular complexity index is 323. The lowest BCUT2D eigenvalue weighted by Crippen LogP contribution is -2.27. The van der Waals surface area contributed by atoms with Crippen LogP contribution in [-0.4, -0.2) is 29.2 Å². The maximum atomic E-state index is 11.3. The van der Waals surface area contributed by atoms with Crippen molar-refractivity contribution in [1.29, 1.82) is 0 Å². The van der Waals surface area contributed by atoms with Crippen LogP contribution in [0.4, 0.5) is 0 Å². The zero-order valence-electron chi connectivity index (χ0n) is 8.36. The van der Waals surface area contributed by atoms with E-state index in [2.05, 4.69) is 0 Å². The predicted octanol–water partition coefficient (Wildman–Crippen LogP) is 0.980. The fourth-order valence-corrected chi connectivity index (χ4v) is 1.66. The molecule has 1 heterocycles. The van der Waals surface area contributed by atoms with Gasteiger partial charge < -0.3 is 9.84 Å². The van der Waals surface area contributed by atoms with Crippen LogP contribution in [0.3, 0.4) is 0 Å². The summed E-state index contributed by atoms with van der Waals surface area (Å²) in [6.07, 6.45) is 2.95. The van der Waals surface area contributed by atoms with Crippen LogP contribution >= 0.6 is 0 Å². The number of allylic oxidation sites excluding steroid dienone is 2. The molecule has 0 spiro atoms. The quantitative estimate of drug-likeness (QED) is 0.526. The Morgan fingerprint density at radius 3 is 3.00 bits per heavy atom. The van der Waals surface area contributed by atoms with Crippen molar-refractivity contribution in [1.82, 2.24) is 0 Å². The van der Waals surface area contributed by atoms with Crippen LogP contribution in [-0.2, 0) is 9.53 Å². The molecule has 1 aliphatic heterocycles. The first-order chi connectivity index (χ1) is 6.59. The van der Waals surface area contributed by atoms with Crippen molar-refractivity contribution in [2.45, 2.75) is 38.6 Å². The molecule has 76 valence electrons. The van der Waals surface area contributed by atoms with E-state index >= 15 is 0 Å². The number of ether oxygens (including phenoxy) is 1. The Labute approximate surface area is 83.1 Å². The molecule has 0 aromatic rings. The first-order valence-electron chi connectivity index (χ1n) is 4.81. The fourth-order valence-electron chi connectivity index (χ4n) is 1.66. The van der Waals surface area contributed by atoms with Crippen molar-refractivity contribution in [3.05, 3.63) is 23.3 Å². The molecule has 1 saturated heterocycles. The summed E-state index contributed by atoms with van der Waals surface area (Å²) in [5.74, 6) is -0.00236. The van der Waals surface area contributed by atoms with Crippen molar-refractivity contribution >= 4 is 5.78 Å². The third-order valence-corrected chi connectivity index (χ3v) is 2.57. The van der Waals surface area contributed by atoms with Crippen LogP contribution in [0.15, 0.2) is 23.3 Å². The molecule has 0 saturated carbocycles. The smallest absolute Gasteiger partial charge is 0.187 e. The van der Waals surface area contributed by atoms with Gasteiger partial charge in [0.15, 0.2) is 5.78 Å². The van der Waals surface area contributed by atoms with E-state index in [1.807, 2.05) is 19.9 Å². The summed E-state index contributed by atoms with van der Waals surface area (Å²) in [5.41, 5.74) is 1.96. The fraction of sp³-hybridized carbons (Fsp3) is 0.545. The SMILES string of the molecule is CC(C)=CCC1=CC(=O)C2OC2[C@H]1O. The largest absolute Gasteiger partial charge is 0.386 e. The minimum absolute atomic E-state index is 0.00236. The van der Waals surface area contributed by atoms with Gasteiger partial charge in [-0.25, -0.2) is 0 Å². The highest BCUT2D eigenvalue weighted by Gasteiger charge is 2.52. The van der Waals surface area contributed by atoms with Crippen LogP contribution in [0.1, 0.15) is 20.3 Å². The Kier molecular flexibility index (Phi) is 2.29. The van der Waals surface area contributed by atoms with E-state index in [-0.39, 0.29) is 18.0 Å². The Morgan fingerprint density at radius 2 is 2.36 bits per heavy atom. The minimum Gasteiger partial charge on any atom is -0.386 e. The molecule has 1 N–H and O–H groups in total. The normalized spacial score (nSPS) is 34.6. The van der Waals surface area contributed by atoms with Gasteiger partial charge in [-0.1, -0.05) is 11.6 Å². The molecule has 2 unspecified atom stereocenters. The van der Waals surface area contributed by atoms with E-state index in [4.69, 9.17) is 4.74 Å². The van der Waals surface area contributed by atoms with Gasteiger partial charge in [0.05, 0.1) is 0 Å². The standard InChI is InChI=1S/C11H14O3/c1-6(2)3-4-7-5-8(12)10-11(14-10)9(7)13/h3,5,9-11,13H,4H2,1-2H3/t9-,10?,11?/m0/s1. The van der Waals surface area contributed by atoms with Gasteiger partial charge in [-0.15, -0.1) is 0 Å². The molecule has 0 aromatic heterocycles. The average molecular weight is 194 g/mol. The van der Waals surface area contributed by atoms with Crippen molar-refractivity contribution in [3.63, 3.8) is 0 Å². The zero-order valence-corrected chi connectivity index (χ0v) is 8.36. The molecule has 2 rings (SSSR count). The van der Waals surface area contributed by atoms with Crippen molar-refractivity contribution < 1.29 is 14.6 Å². The monoisotopic (exact) mass is 194 g/mol. The van der Waals surface area contributed by atoms with Gasteiger partial charge in [0.2, 0.25) is 0 Å². The van der Waals surface area contributed by atoms with Gasteiger partial charge in [-0.05, 0) is 31.9 Å². The van der Waals surface area contributed by atoms with Crippen LogP contribution in [0.25, 0.3) is 0 Å². The number of fused-ring (bicyclic) bond motifs is 1. The van der Waals surface area contributed by atoms with Gasteiger partial charge in [0.25, 0.3) is 0 Å². The number of epoxide rings is 1. The molecule has 2 aliphatic rings. The van der Waals surface area contributed by atoms with Crippen LogP contribution in [0, 0.1) is 0 Å². The summed E-state index contributed by atoms with van der Waals surface area (Å²) in [5, 5.41) is 9.74. The van der Waals surface area contributed by atoms with Gasteiger partial charge in [-0.2, -0.15) is 0 Å². The molecule has 0 bridgehead atoms. The summed E-state index contributed by atoms with van der Waals surface area (Å²) in [6, 6.07) is 0. The molecule has 1 fully saturated rings. The summed E-state index contributed by atoms with van der Waals surface area (Å²) in [6.45, 7) is 3.99. The van der Waals surface area contributed by atoms with Gasteiger partial charge in [0, 0.05) is 0 Å². The van der Waals surface area contributed by atoms with E-state index in [1.54, 1.807) is 0 Å². The number of rotatable bonds is 2. The Hall–Kier alpha value is -0.930. The van der Waals surface area contributed by atoms with Gasteiger partial charge in [0.1, 0.15) is 18.3 Å². The molecule has 0 aromatic carbocycles. The van der Waals surface area contributed by atoms with Crippen molar-refractivity contribution in [2.75, 3.05) is 0 Å². The third kappa shape index (κ3) is 1.65. The molecular weight excluding hydrogens is 180 g/mol. The molecule has 14 heavy (non-hydrogen) atoms. The number of aliphatic hydroxyl groups excluding tert-OH is 1. The van der Waals surface area contributed by atoms with Crippen molar-refractivity contribution in [2.24, 2.45) is 0 Å². The minimum atomic E-state index is -0.590. The molecule has 3 nitrogen and oxygen atoms in total. The third-order valence-electron chi connectivity index (χ3n) is 2.57. The topological polar surface area (TPSA) is 49.8 Å². The highest BCUT2D eigenvalue weighted by atomic mass is 16.6. The Morgan fingerprint density at radius 1 is 1.64 bits per heavy atom. The predicted molar refractivity (Wildman–Crippen MR) is 51.8 cm³/mol. The molecule has 3 atom stereocenters. The van der Waals surface area contributed by atoms with E-state index in [0.29, 0.717) is 6.42 Å². The second-order valence-electron chi connectivity index (χ2n) is 4.07. The van der Waals surface area contributed by atoms with Gasteiger partial charge in [-0.3, -0.25) is 4.79 Å². The van der Waals surface area contributed by atoms with E-state index in [0.717, 1.165) is 5.57 Å². The average Bonchev–Trinajstić information content (AvgIpc) is 2.88. The molecule has 0 amide bonds. The lowest BCUT2D eigenvalue weighted by Gasteiger charge is -2.14. The van der Waals surface area contributed by atoms with Crippen LogP contribution in [0.5, 0.6) is 0 Å². The molecular formula is C11H14O3. The van der Waals surface area contributed by atoms with E-state index < -0.39 is 6.10 Å². The lowest BCUT2D eigenvalue weighted by molar-refractivity contribution is -0.116. The maximum Gasteiger partial charge on any atom is 0.187 e. The number of hydrogen-bond donors (Lipinski definition) is 1. The maximum absolute atomic E-state index is 11.3. The summed E-state index contributed by atoms with van der Waals surface area (Å²) < 4.78 is 5.07. The van der Waals surface area contributed by atoms with Crippen molar-refractivity contribution in [3.8, 4) is 0 Å². The number of carbonyl (C=O) groups excluding carboxylic acids is 1. The van der Waals surface area contributed by atoms with Crippen LogP contribution < -0.4 is 0 Å². The first-order valence-corrected chi connectivity index (χ1v) is 4.81. The molecule has 3 heteroatoms. The highest BCUT2D eigenvalue weighted by molar-refractivity contribution is 5.98. The Balaban J connectivity index is 2.10. The molecule has 0 radical (unpaired) electrons. The lowest BCUT2D eigenvalue weighted by atomic mass is 9.93. The number of hydrogen-bond acceptors (Lipinski definition) is 3. The molecule has 1 aliphatic carbocycles. The second kappa shape index (κ2) is 3.33. The number of aliphatic hydroxyl groups is 1. The van der Waals surface area contributed by atoms with E-state index in [9.17, 15) is 9.90 Å². The first kappa shape index (κ1) is 9.62. The van der Waals surface area contributed by atoms with E-state index in [1.165, 1.54) is 11.6 Å². The second-order valence-corrected chi connectivity index (χ2v) is 4.07.